The van der Waals surface area contributed by atoms with Crippen LogP contribution in [0.5, 0.6) is 0 Å². The van der Waals surface area contributed by atoms with Gasteiger partial charge >= 0.3 is 11.9 Å². The number of hydrogen-bond acceptors (Lipinski definition) is 4. The third-order valence-electron chi connectivity index (χ3n) is 3.96. The van der Waals surface area contributed by atoms with Gasteiger partial charge < -0.3 is 9.47 Å². The molecule has 0 saturated carbocycles. The summed E-state index contributed by atoms with van der Waals surface area (Å²) >= 11 is 0. The standard InChI is InChI=1S/C13H10O4/c14-11-8-2-1-7-3-13(5-16-11)4-9(8)10(7)12(15)17-6-13/h1-2H,3-6H2. The maximum absolute atomic E-state index is 11.9. The molecule has 4 nitrogen and oxygen atoms in total. The van der Waals surface area contributed by atoms with Gasteiger partial charge in [-0.05, 0) is 30.0 Å². The number of rotatable bonds is 0. The third kappa shape index (κ3) is 1.03. The highest BCUT2D eigenvalue weighted by molar-refractivity contribution is 6.00. The van der Waals surface area contributed by atoms with Crippen LogP contribution in [0.1, 0.15) is 31.8 Å². The predicted molar refractivity (Wildman–Crippen MR) is 56.8 cm³/mol. The molecule has 1 unspecified atom stereocenters. The lowest BCUT2D eigenvalue weighted by molar-refractivity contribution is 0.00313. The molecule has 86 valence electrons. The highest BCUT2D eigenvalue weighted by Gasteiger charge is 2.47. The Kier molecular flexibility index (Phi) is 1.46. The normalized spacial score (nSPS) is 28.5. The van der Waals surface area contributed by atoms with Crippen molar-refractivity contribution in [3.8, 4) is 0 Å². The topological polar surface area (TPSA) is 52.6 Å². The molecular weight excluding hydrogens is 220 g/mol. The summed E-state index contributed by atoms with van der Waals surface area (Å²) in [5.74, 6) is -0.600. The van der Waals surface area contributed by atoms with E-state index in [-0.39, 0.29) is 17.4 Å². The molecular formula is C13H10O4. The van der Waals surface area contributed by atoms with Gasteiger partial charge in [0.2, 0.25) is 0 Å². The van der Waals surface area contributed by atoms with Gasteiger partial charge in [0.1, 0.15) is 13.2 Å². The van der Waals surface area contributed by atoms with E-state index in [4.69, 9.17) is 9.47 Å². The second-order valence-corrected chi connectivity index (χ2v) is 5.13. The molecule has 1 aromatic rings. The van der Waals surface area contributed by atoms with Crippen molar-refractivity contribution in [2.45, 2.75) is 12.8 Å². The van der Waals surface area contributed by atoms with Crippen molar-refractivity contribution >= 4 is 11.9 Å². The van der Waals surface area contributed by atoms with Crippen LogP contribution >= 0.6 is 0 Å². The Hall–Kier alpha value is -1.84. The minimum absolute atomic E-state index is 0.234. The fourth-order valence-corrected chi connectivity index (χ4v) is 3.15. The van der Waals surface area contributed by atoms with Crippen LogP contribution in [0, 0.1) is 5.41 Å². The zero-order valence-corrected chi connectivity index (χ0v) is 9.12. The number of esters is 2. The van der Waals surface area contributed by atoms with Crippen LogP contribution in [0.15, 0.2) is 12.1 Å². The summed E-state index contributed by atoms with van der Waals surface area (Å²) in [5.41, 5.74) is 2.73. The average molecular weight is 230 g/mol. The number of fused-ring (bicyclic) bond motifs is 2. The van der Waals surface area contributed by atoms with Gasteiger partial charge in [-0.25, -0.2) is 9.59 Å². The first kappa shape index (κ1) is 9.22. The maximum Gasteiger partial charge on any atom is 0.338 e. The molecule has 0 aromatic heterocycles. The molecule has 0 fully saturated rings. The fourth-order valence-electron chi connectivity index (χ4n) is 3.15. The van der Waals surface area contributed by atoms with Crippen molar-refractivity contribution in [2.75, 3.05) is 13.2 Å². The SMILES string of the molecule is O=C1OCC23COC(=O)c4c(ccc1c4C2)C3. The van der Waals surface area contributed by atoms with Crippen molar-refractivity contribution in [1.29, 1.82) is 0 Å². The van der Waals surface area contributed by atoms with Crippen molar-refractivity contribution < 1.29 is 19.1 Å². The van der Waals surface area contributed by atoms with E-state index in [0.29, 0.717) is 30.8 Å². The van der Waals surface area contributed by atoms with Crippen LogP contribution in [-0.2, 0) is 22.3 Å². The lowest BCUT2D eigenvalue weighted by Crippen LogP contribution is -2.36. The molecule has 0 amide bonds. The molecule has 4 bridgehead atoms. The smallest absolute Gasteiger partial charge is 0.338 e. The van der Waals surface area contributed by atoms with E-state index in [1.54, 1.807) is 6.07 Å². The summed E-state index contributed by atoms with van der Waals surface area (Å²) < 4.78 is 10.6. The Morgan fingerprint density at radius 1 is 1.00 bits per heavy atom. The van der Waals surface area contributed by atoms with Crippen molar-refractivity contribution in [1.82, 2.24) is 0 Å². The largest absolute Gasteiger partial charge is 0.461 e. The van der Waals surface area contributed by atoms with Gasteiger partial charge in [-0.1, -0.05) is 6.07 Å². The quantitative estimate of drug-likeness (QED) is 0.626. The minimum atomic E-state index is -0.314. The summed E-state index contributed by atoms with van der Waals surface area (Å²) in [6.45, 7) is 0.682. The molecule has 3 heterocycles. The molecule has 4 heteroatoms. The monoisotopic (exact) mass is 230 g/mol. The molecule has 3 aliphatic heterocycles. The van der Waals surface area contributed by atoms with Crippen LogP contribution < -0.4 is 0 Å². The maximum atomic E-state index is 11.9. The zero-order chi connectivity index (χ0) is 11.6. The molecule has 4 aliphatic rings. The Morgan fingerprint density at radius 3 is 2.59 bits per heavy atom. The summed E-state index contributed by atoms with van der Waals surface area (Å²) in [5, 5.41) is 0. The van der Waals surface area contributed by atoms with Gasteiger partial charge in [0.05, 0.1) is 11.1 Å². The molecule has 1 atom stereocenters. The summed E-state index contributed by atoms with van der Waals surface area (Å²) in [6.07, 6.45) is 1.47. The van der Waals surface area contributed by atoms with Gasteiger partial charge in [-0.3, -0.25) is 0 Å². The van der Waals surface area contributed by atoms with Crippen LogP contribution in [0.25, 0.3) is 0 Å². The molecule has 1 spiro atoms. The number of hydrogen-bond donors (Lipinski definition) is 0. The lowest BCUT2D eigenvalue weighted by atomic mass is 9.71. The average Bonchev–Trinajstić information content (AvgIpc) is 2.56. The van der Waals surface area contributed by atoms with Gasteiger partial charge in [0, 0.05) is 5.41 Å². The Labute approximate surface area is 97.5 Å². The number of carbonyl (C=O) groups is 2. The number of ether oxygens (including phenoxy) is 2. The van der Waals surface area contributed by atoms with E-state index in [2.05, 4.69) is 0 Å². The van der Waals surface area contributed by atoms with E-state index >= 15 is 0 Å². The summed E-state index contributed by atoms with van der Waals surface area (Å²) in [4.78, 5) is 23.8. The van der Waals surface area contributed by atoms with Crippen molar-refractivity contribution in [2.24, 2.45) is 5.41 Å². The van der Waals surface area contributed by atoms with Gasteiger partial charge in [-0.2, -0.15) is 0 Å². The summed E-state index contributed by atoms with van der Waals surface area (Å²) in [7, 11) is 0. The van der Waals surface area contributed by atoms with Crippen LogP contribution in [-0.4, -0.2) is 25.2 Å². The number of cyclic esters (lactones) is 1. The van der Waals surface area contributed by atoms with Crippen LogP contribution in [0.3, 0.4) is 0 Å². The predicted octanol–water partition coefficient (Wildman–Crippen LogP) is 1.11. The van der Waals surface area contributed by atoms with E-state index in [1.165, 1.54) is 0 Å². The fraction of sp³-hybridized carbons (Fsp3) is 0.385. The highest BCUT2D eigenvalue weighted by atomic mass is 16.5. The van der Waals surface area contributed by atoms with E-state index in [1.807, 2.05) is 6.07 Å². The van der Waals surface area contributed by atoms with Crippen molar-refractivity contribution in [3.05, 3.63) is 34.4 Å². The highest BCUT2D eigenvalue weighted by Crippen LogP contribution is 2.43. The molecule has 0 saturated heterocycles. The first-order valence-electron chi connectivity index (χ1n) is 5.68. The van der Waals surface area contributed by atoms with Gasteiger partial charge in [0.25, 0.3) is 0 Å². The number of carbonyl (C=O) groups excluding carboxylic acids is 2. The van der Waals surface area contributed by atoms with E-state index in [9.17, 15) is 9.59 Å². The molecule has 0 radical (unpaired) electrons. The van der Waals surface area contributed by atoms with Crippen LogP contribution in [0.2, 0.25) is 0 Å². The minimum Gasteiger partial charge on any atom is -0.461 e. The second kappa shape index (κ2) is 2.70. The first-order chi connectivity index (χ1) is 8.19. The van der Waals surface area contributed by atoms with Crippen LogP contribution in [0.4, 0.5) is 0 Å². The Morgan fingerprint density at radius 2 is 1.76 bits per heavy atom. The van der Waals surface area contributed by atoms with Gasteiger partial charge in [0.15, 0.2) is 0 Å². The third-order valence-corrected chi connectivity index (χ3v) is 3.96. The molecule has 17 heavy (non-hydrogen) atoms. The second-order valence-electron chi connectivity index (χ2n) is 5.13. The molecule has 5 rings (SSSR count). The number of benzene rings is 1. The lowest BCUT2D eigenvalue weighted by Gasteiger charge is -2.31. The Bertz CT molecular complexity index is 575. The van der Waals surface area contributed by atoms with Crippen molar-refractivity contribution in [3.63, 3.8) is 0 Å². The molecule has 1 aliphatic carbocycles. The molecule has 0 N–H and O–H groups in total. The van der Waals surface area contributed by atoms with Gasteiger partial charge in [-0.15, -0.1) is 0 Å². The zero-order valence-electron chi connectivity index (χ0n) is 9.12. The van der Waals surface area contributed by atoms with E-state index in [0.717, 1.165) is 17.5 Å². The molecule has 1 aromatic carbocycles. The Balaban J connectivity index is 2.12. The van der Waals surface area contributed by atoms with E-state index < -0.39 is 0 Å². The summed E-state index contributed by atoms with van der Waals surface area (Å²) in [6, 6.07) is 3.63. The first-order valence-corrected chi connectivity index (χ1v) is 5.68.